The van der Waals surface area contributed by atoms with Gasteiger partial charge in [-0.05, 0) is 49.6 Å². The number of benzene rings is 2. The number of aryl methyl sites for hydroxylation is 1. The van der Waals surface area contributed by atoms with E-state index in [1.165, 1.54) is 18.2 Å². The summed E-state index contributed by atoms with van der Waals surface area (Å²) in [5, 5.41) is 0. The zero-order chi connectivity index (χ0) is 19.9. The molecule has 27 heavy (non-hydrogen) atoms. The Bertz CT molecular complexity index is 897. The van der Waals surface area contributed by atoms with Crippen LogP contribution in [0.2, 0.25) is 0 Å². The lowest BCUT2D eigenvalue weighted by molar-refractivity contribution is 0.1000. The largest absolute Gasteiger partial charge is 0.496 e. The standard InChI is InChI=1S/C19H24N2O5S/c1-3-26-17-11-10-15(19(20)22)13-18(17)27(23,24)21-12-6-8-14-7-4-5-9-16(14)25-2/h4-5,7,9-11,13,21H,3,6,8,12H2,1-2H3,(H2,20,22). The first kappa shape index (κ1) is 20.7. The van der Waals surface area contributed by atoms with Gasteiger partial charge in [-0.3, -0.25) is 4.79 Å². The van der Waals surface area contributed by atoms with Crippen LogP contribution in [0.1, 0.15) is 29.3 Å². The SMILES string of the molecule is CCOc1ccc(C(N)=O)cc1S(=O)(=O)NCCCc1ccccc1OC. The highest BCUT2D eigenvalue weighted by molar-refractivity contribution is 7.89. The number of nitrogens with one attached hydrogen (secondary N) is 1. The fraction of sp³-hybridized carbons (Fsp3) is 0.316. The Labute approximate surface area is 159 Å². The van der Waals surface area contributed by atoms with Crippen LogP contribution in [0.25, 0.3) is 0 Å². The molecule has 3 N–H and O–H groups in total. The Balaban J connectivity index is 2.09. The molecule has 146 valence electrons. The monoisotopic (exact) mass is 392 g/mol. The summed E-state index contributed by atoms with van der Waals surface area (Å²) in [7, 11) is -2.25. The van der Waals surface area contributed by atoms with E-state index in [-0.39, 0.29) is 22.8 Å². The summed E-state index contributed by atoms with van der Waals surface area (Å²) in [6, 6.07) is 11.7. The minimum absolute atomic E-state index is 0.0991. The van der Waals surface area contributed by atoms with E-state index < -0.39 is 15.9 Å². The number of carbonyl (C=O) groups excluding carboxylic acids is 1. The van der Waals surface area contributed by atoms with Gasteiger partial charge >= 0.3 is 0 Å². The summed E-state index contributed by atoms with van der Waals surface area (Å²) < 4.78 is 38.6. The molecule has 0 radical (unpaired) electrons. The number of amides is 1. The van der Waals surface area contributed by atoms with E-state index in [9.17, 15) is 13.2 Å². The number of methoxy groups -OCH3 is 1. The van der Waals surface area contributed by atoms with Gasteiger partial charge in [0.1, 0.15) is 16.4 Å². The highest BCUT2D eigenvalue weighted by atomic mass is 32.2. The topological polar surface area (TPSA) is 108 Å². The van der Waals surface area contributed by atoms with Crippen LogP contribution in [0.3, 0.4) is 0 Å². The highest BCUT2D eigenvalue weighted by Crippen LogP contribution is 2.25. The Morgan fingerprint density at radius 1 is 1.15 bits per heavy atom. The lowest BCUT2D eigenvalue weighted by Crippen LogP contribution is -2.26. The lowest BCUT2D eigenvalue weighted by atomic mass is 10.1. The minimum atomic E-state index is -3.85. The molecule has 0 saturated carbocycles. The molecule has 0 bridgehead atoms. The number of rotatable bonds is 10. The van der Waals surface area contributed by atoms with Crippen molar-refractivity contribution in [3.8, 4) is 11.5 Å². The summed E-state index contributed by atoms with van der Waals surface area (Å²) in [4.78, 5) is 11.3. The third-order valence-corrected chi connectivity index (χ3v) is 5.41. The van der Waals surface area contributed by atoms with Gasteiger partial charge in [-0.1, -0.05) is 18.2 Å². The van der Waals surface area contributed by atoms with Crippen molar-refractivity contribution in [1.29, 1.82) is 0 Å². The van der Waals surface area contributed by atoms with E-state index in [1.54, 1.807) is 14.0 Å². The van der Waals surface area contributed by atoms with Crippen LogP contribution in [0.5, 0.6) is 11.5 Å². The molecule has 0 aliphatic rings. The third kappa shape index (κ3) is 5.45. The summed E-state index contributed by atoms with van der Waals surface area (Å²) >= 11 is 0. The van der Waals surface area contributed by atoms with Crippen molar-refractivity contribution in [2.45, 2.75) is 24.7 Å². The molecule has 2 aromatic carbocycles. The maximum absolute atomic E-state index is 12.7. The van der Waals surface area contributed by atoms with Gasteiger partial charge in [-0.2, -0.15) is 0 Å². The number of hydrogen-bond donors (Lipinski definition) is 2. The molecule has 2 rings (SSSR count). The first-order chi connectivity index (χ1) is 12.9. The maximum atomic E-state index is 12.7. The smallest absolute Gasteiger partial charge is 0.248 e. The molecule has 0 atom stereocenters. The summed E-state index contributed by atoms with van der Waals surface area (Å²) in [5.74, 6) is 0.249. The summed E-state index contributed by atoms with van der Waals surface area (Å²) in [6.45, 7) is 2.28. The number of carbonyl (C=O) groups is 1. The van der Waals surface area contributed by atoms with Crippen molar-refractivity contribution in [3.63, 3.8) is 0 Å². The Hall–Kier alpha value is -2.58. The van der Waals surface area contributed by atoms with Crippen LogP contribution >= 0.6 is 0 Å². The zero-order valence-electron chi connectivity index (χ0n) is 15.4. The van der Waals surface area contributed by atoms with E-state index in [0.29, 0.717) is 19.4 Å². The number of primary amides is 1. The number of ether oxygens (including phenoxy) is 2. The van der Waals surface area contributed by atoms with Crippen LogP contribution in [-0.4, -0.2) is 34.6 Å². The van der Waals surface area contributed by atoms with E-state index in [0.717, 1.165) is 11.3 Å². The zero-order valence-corrected chi connectivity index (χ0v) is 16.2. The lowest BCUT2D eigenvalue weighted by Gasteiger charge is -2.13. The molecule has 0 spiro atoms. The molecule has 0 saturated heterocycles. The van der Waals surface area contributed by atoms with Crippen molar-refractivity contribution in [2.24, 2.45) is 5.73 Å². The van der Waals surface area contributed by atoms with Gasteiger partial charge in [0.15, 0.2) is 0 Å². The van der Waals surface area contributed by atoms with E-state index in [2.05, 4.69) is 4.72 Å². The van der Waals surface area contributed by atoms with Crippen molar-refractivity contribution in [1.82, 2.24) is 4.72 Å². The van der Waals surface area contributed by atoms with Crippen LogP contribution in [-0.2, 0) is 16.4 Å². The van der Waals surface area contributed by atoms with Crippen LogP contribution < -0.4 is 19.9 Å². The van der Waals surface area contributed by atoms with Gasteiger partial charge in [0.2, 0.25) is 15.9 Å². The van der Waals surface area contributed by atoms with Gasteiger partial charge in [0.25, 0.3) is 0 Å². The number of hydrogen-bond acceptors (Lipinski definition) is 5. The quantitative estimate of drug-likeness (QED) is 0.602. The molecular formula is C19H24N2O5S. The van der Waals surface area contributed by atoms with Gasteiger partial charge < -0.3 is 15.2 Å². The molecule has 7 nitrogen and oxygen atoms in total. The van der Waals surface area contributed by atoms with Crippen molar-refractivity contribution in [3.05, 3.63) is 53.6 Å². The van der Waals surface area contributed by atoms with Crippen molar-refractivity contribution in [2.75, 3.05) is 20.3 Å². The number of nitrogens with two attached hydrogens (primary N) is 1. The predicted molar refractivity (Wildman–Crippen MR) is 103 cm³/mol. The molecule has 0 heterocycles. The van der Waals surface area contributed by atoms with Crippen LogP contribution in [0.4, 0.5) is 0 Å². The minimum Gasteiger partial charge on any atom is -0.496 e. The Kier molecular flexibility index (Phi) is 7.20. The van der Waals surface area contributed by atoms with Gasteiger partial charge in [0, 0.05) is 12.1 Å². The van der Waals surface area contributed by atoms with Crippen molar-refractivity contribution >= 4 is 15.9 Å². The first-order valence-electron chi connectivity index (χ1n) is 8.57. The maximum Gasteiger partial charge on any atom is 0.248 e. The van der Waals surface area contributed by atoms with Crippen LogP contribution in [0, 0.1) is 0 Å². The highest BCUT2D eigenvalue weighted by Gasteiger charge is 2.21. The normalized spacial score (nSPS) is 11.2. The fourth-order valence-corrected chi connectivity index (χ4v) is 3.86. The van der Waals surface area contributed by atoms with Crippen LogP contribution in [0.15, 0.2) is 47.4 Å². The van der Waals surface area contributed by atoms with E-state index >= 15 is 0 Å². The molecular weight excluding hydrogens is 368 g/mol. The predicted octanol–water partition coefficient (Wildman–Crippen LogP) is 2.10. The van der Waals surface area contributed by atoms with Gasteiger partial charge in [0.05, 0.1) is 13.7 Å². The molecule has 1 amide bonds. The Morgan fingerprint density at radius 2 is 1.89 bits per heavy atom. The molecule has 0 unspecified atom stereocenters. The molecule has 2 aromatic rings. The second-order valence-corrected chi connectivity index (χ2v) is 7.51. The number of para-hydroxylation sites is 1. The number of sulfonamides is 1. The first-order valence-corrected chi connectivity index (χ1v) is 10.1. The van der Waals surface area contributed by atoms with E-state index in [4.69, 9.17) is 15.2 Å². The van der Waals surface area contributed by atoms with Gasteiger partial charge in [-0.15, -0.1) is 0 Å². The molecule has 0 fully saturated rings. The molecule has 0 aromatic heterocycles. The third-order valence-electron chi connectivity index (χ3n) is 3.93. The fourth-order valence-electron chi connectivity index (χ4n) is 2.62. The second-order valence-electron chi connectivity index (χ2n) is 5.77. The molecule has 0 aliphatic heterocycles. The summed E-state index contributed by atoms with van der Waals surface area (Å²) in [6.07, 6.45) is 1.24. The average Bonchev–Trinajstić information content (AvgIpc) is 2.65. The second kappa shape index (κ2) is 9.38. The molecule has 0 aliphatic carbocycles. The molecule has 8 heteroatoms. The van der Waals surface area contributed by atoms with Crippen molar-refractivity contribution < 1.29 is 22.7 Å². The van der Waals surface area contributed by atoms with Gasteiger partial charge in [-0.25, -0.2) is 13.1 Å². The average molecular weight is 392 g/mol. The Morgan fingerprint density at radius 3 is 2.56 bits per heavy atom. The van der Waals surface area contributed by atoms with E-state index in [1.807, 2.05) is 24.3 Å². The summed E-state index contributed by atoms with van der Waals surface area (Å²) in [5.41, 5.74) is 6.37.